The monoisotopic (exact) mass is 441 g/mol. The highest BCUT2D eigenvalue weighted by molar-refractivity contribution is 6.15. The Morgan fingerprint density at radius 1 is 1.00 bits per heavy atom. The minimum Gasteiger partial charge on any atom is -0.507 e. The van der Waals surface area contributed by atoms with Crippen molar-refractivity contribution in [1.29, 1.82) is 0 Å². The van der Waals surface area contributed by atoms with Gasteiger partial charge in [0.1, 0.15) is 11.5 Å². The molecule has 4 nitrogen and oxygen atoms in total. The van der Waals surface area contributed by atoms with E-state index in [1.165, 1.54) is 11.1 Å². The molecule has 0 aliphatic carbocycles. The third kappa shape index (κ3) is 4.86. The summed E-state index contributed by atoms with van der Waals surface area (Å²) in [5.74, 6) is 0.758. The van der Waals surface area contributed by atoms with E-state index in [4.69, 9.17) is 4.74 Å². The van der Waals surface area contributed by atoms with Crippen LogP contribution in [-0.2, 0) is 18.5 Å². The Bertz CT molecular complexity index is 1200. The molecule has 0 atom stereocenters. The number of hydrogen-bond donors (Lipinski definition) is 1. The number of fused-ring (bicyclic) bond motifs is 1. The molecule has 1 N–H and O–H groups in total. The van der Waals surface area contributed by atoms with E-state index in [0.29, 0.717) is 29.0 Å². The van der Waals surface area contributed by atoms with E-state index in [9.17, 15) is 9.90 Å². The van der Waals surface area contributed by atoms with Crippen molar-refractivity contribution in [2.24, 2.45) is 0 Å². The number of ketones is 1. The molecular formula is C29H31NO3. The Morgan fingerprint density at radius 2 is 1.67 bits per heavy atom. The van der Waals surface area contributed by atoms with Crippen molar-refractivity contribution >= 4 is 11.9 Å². The summed E-state index contributed by atoms with van der Waals surface area (Å²) in [6, 6.07) is 20.0. The molecule has 1 aliphatic heterocycles. The van der Waals surface area contributed by atoms with E-state index in [2.05, 4.69) is 49.9 Å². The second kappa shape index (κ2) is 8.87. The summed E-state index contributed by atoms with van der Waals surface area (Å²) in [6.07, 6.45) is 1.78. The number of phenols is 1. The summed E-state index contributed by atoms with van der Waals surface area (Å²) >= 11 is 0. The molecule has 3 aromatic rings. The maximum absolute atomic E-state index is 13.2. The number of hydrogen-bond acceptors (Lipinski definition) is 4. The SMILES string of the molecule is Cc1cc(O)c(CN(C)Cc2ccccc2)c2c1C(=O)/C(=C/c1ccc(C(C)(C)C)cc1)O2. The Labute approximate surface area is 196 Å². The molecule has 0 unspecified atom stereocenters. The van der Waals surface area contributed by atoms with E-state index in [1.807, 2.05) is 44.3 Å². The predicted octanol–water partition coefficient (Wildman–Crippen LogP) is 6.25. The molecule has 3 aromatic carbocycles. The molecule has 0 amide bonds. The Kier molecular flexibility index (Phi) is 6.13. The van der Waals surface area contributed by atoms with Gasteiger partial charge in [-0.3, -0.25) is 9.69 Å². The predicted molar refractivity (Wildman–Crippen MR) is 133 cm³/mol. The lowest BCUT2D eigenvalue weighted by Gasteiger charge is -2.19. The Balaban J connectivity index is 1.62. The van der Waals surface area contributed by atoms with Gasteiger partial charge in [-0.25, -0.2) is 0 Å². The van der Waals surface area contributed by atoms with Crippen LogP contribution in [0.1, 0.15) is 58.9 Å². The van der Waals surface area contributed by atoms with E-state index in [0.717, 1.165) is 12.1 Å². The number of aromatic hydroxyl groups is 1. The zero-order valence-electron chi connectivity index (χ0n) is 20.0. The maximum Gasteiger partial charge on any atom is 0.232 e. The molecule has 0 saturated heterocycles. The summed E-state index contributed by atoms with van der Waals surface area (Å²) in [6.45, 7) is 9.53. The molecular weight excluding hydrogens is 410 g/mol. The van der Waals surface area contributed by atoms with Gasteiger partial charge in [0.25, 0.3) is 0 Å². The summed E-state index contributed by atoms with van der Waals surface area (Å²) < 4.78 is 6.09. The number of allylic oxidation sites excluding steroid dienone is 1. The fourth-order valence-corrected chi connectivity index (χ4v) is 4.18. The molecule has 0 aromatic heterocycles. The van der Waals surface area contributed by atoms with Crippen LogP contribution in [0.3, 0.4) is 0 Å². The van der Waals surface area contributed by atoms with Gasteiger partial charge in [-0.05, 0) is 53.8 Å². The standard InChI is InChI=1S/C29H31NO3/c1-19-15-24(31)23(18-30(5)17-21-9-7-6-8-10-21)28-26(19)27(32)25(33-28)16-20-11-13-22(14-12-20)29(2,3)4/h6-16,31H,17-18H2,1-5H3/b25-16-. The normalized spacial score (nSPS) is 14.6. The van der Waals surface area contributed by atoms with Gasteiger partial charge in [-0.15, -0.1) is 0 Å². The summed E-state index contributed by atoms with van der Waals surface area (Å²) in [7, 11) is 1.99. The number of nitrogens with zero attached hydrogens (tertiary/aromatic N) is 1. The van der Waals surface area contributed by atoms with Crippen LogP contribution in [0.4, 0.5) is 0 Å². The zero-order valence-corrected chi connectivity index (χ0v) is 20.0. The van der Waals surface area contributed by atoms with Gasteiger partial charge in [-0.2, -0.15) is 0 Å². The first kappa shape index (κ1) is 22.8. The van der Waals surface area contributed by atoms with E-state index in [1.54, 1.807) is 12.1 Å². The summed E-state index contributed by atoms with van der Waals surface area (Å²) in [5, 5.41) is 10.7. The van der Waals surface area contributed by atoms with Gasteiger partial charge >= 0.3 is 0 Å². The third-order valence-corrected chi connectivity index (χ3v) is 6.02. The quantitative estimate of drug-likeness (QED) is 0.476. The highest BCUT2D eigenvalue weighted by Crippen LogP contribution is 2.42. The van der Waals surface area contributed by atoms with Crippen LogP contribution in [0, 0.1) is 6.92 Å². The third-order valence-electron chi connectivity index (χ3n) is 6.02. The van der Waals surface area contributed by atoms with Crippen molar-refractivity contribution in [2.75, 3.05) is 7.05 Å². The first-order chi connectivity index (χ1) is 15.6. The molecule has 0 saturated carbocycles. The van der Waals surface area contributed by atoms with Crippen LogP contribution in [0.15, 0.2) is 66.4 Å². The van der Waals surface area contributed by atoms with Gasteiger partial charge < -0.3 is 9.84 Å². The van der Waals surface area contributed by atoms with Crippen LogP contribution in [0.5, 0.6) is 11.5 Å². The number of ether oxygens (including phenoxy) is 1. The lowest BCUT2D eigenvalue weighted by Crippen LogP contribution is -2.17. The molecule has 1 aliphatic rings. The van der Waals surface area contributed by atoms with Crippen molar-refractivity contribution in [1.82, 2.24) is 4.90 Å². The molecule has 4 heteroatoms. The second-order valence-electron chi connectivity index (χ2n) is 9.86. The van der Waals surface area contributed by atoms with Crippen LogP contribution < -0.4 is 4.74 Å². The van der Waals surface area contributed by atoms with E-state index >= 15 is 0 Å². The number of aryl methyl sites for hydroxylation is 1. The maximum atomic E-state index is 13.2. The number of phenolic OH excluding ortho intramolecular Hbond substituents is 1. The second-order valence-corrected chi connectivity index (χ2v) is 9.86. The molecule has 170 valence electrons. The summed E-state index contributed by atoms with van der Waals surface area (Å²) in [5.41, 5.74) is 5.27. The van der Waals surface area contributed by atoms with Crippen LogP contribution in [0.2, 0.25) is 0 Å². The largest absolute Gasteiger partial charge is 0.507 e. The molecule has 0 spiro atoms. The lowest BCUT2D eigenvalue weighted by molar-refractivity contribution is 0.101. The molecule has 0 bridgehead atoms. The highest BCUT2D eigenvalue weighted by Gasteiger charge is 2.33. The van der Waals surface area contributed by atoms with Crippen molar-refractivity contribution in [3.63, 3.8) is 0 Å². The minimum absolute atomic E-state index is 0.0664. The molecule has 1 heterocycles. The lowest BCUT2D eigenvalue weighted by atomic mass is 9.86. The van der Waals surface area contributed by atoms with Crippen molar-refractivity contribution < 1.29 is 14.6 Å². The fraction of sp³-hybridized carbons (Fsp3) is 0.276. The smallest absolute Gasteiger partial charge is 0.232 e. The minimum atomic E-state index is -0.144. The fourth-order valence-electron chi connectivity index (χ4n) is 4.18. The average Bonchev–Trinajstić information content (AvgIpc) is 3.08. The van der Waals surface area contributed by atoms with Gasteiger partial charge in [0.15, 0.2) is 5.76 Å². The number of Topliss-reactive ketones (excluding diaryl/α,β-unsaturated/α-hetero) is 1. The van der Waals surface area contributed by atoms with E-state index < -0.39 is 0 Å². The number of carbonyl (C=O) groups is 1. The highest BCUT2D eigenvalue weighted by atomic mass is 16.5. The molecule has 0 radical (unpaired) electrons. The van der Waals surface area contributed by atoms with E-state index in [-0.39, 0.29) is 22.7 Å². The first-order valence-electron chi connectivity index (χ1n) is 11.3. The topological polar surface area (TPSA) is 49.8 Å². The zero-order chi connectivity index (χ0) is 23.8. The number of rotatable bonds is 5. The van der Waals surface area contributed by atoms with Gasteiger partial charge in [0, 0.05) is 13.1 Å². The van der Waals surface area contributed by atoms with Crippen molar-refractivity contribution in [3.8, 4) is 11.5 Å². The number of carbonyl (C=O) groups excluding carboxylic acids is 1. The van der Waals surface area contributed by atoms with Crippen LogP contribution in [-0.4, -0.2) is 22.8 Å². The molecule has 4 rings (SSSR count). The van der Waals surface area contributed by atoms with Crippen LogP contribution >= 0.6 is 0 Å². The average molecular weight is 442 g/mol. The molecule has 0 fully saturated rings. The molecule has 33 heavy (non-hydrogen) atoms. The first-order valence-corrected chi connectivity index (χ1v) is 11.3. The van der Waals surface area contributed by atoms with Crippen molar-refractivity contribution in [3.05, 3.63) is 99.8 Å². The van der Waals surface area contributed by atoms with Crippen molar-refractivity contribution in [2.45, 2.75) is 46.2 Å². The Hall–Kier alpha value is -3.37. The van der Waals surface area contributed by atoms with Gasteiger partial charge in [0.2, 0.25) is 5.78 Å². The Morgan fingerprint density at radius 3 is 2.30 bits per heavy atom. The van der Waals surface area contributed by atoms with Gasteiger partial charge in [-0.1, -0.05) is 75.4 Å². The number of benzene rings is 3. The van der Waals surface area contributed by atoms with Crippen LogP contribution in [0.25, 0.3) is 6.08 Å². The summed E-state index contributed by atoms with van der Waals surface area (Å²) in [4.78, 5) is 15.3. The van der Waals surface area contributed by atoms with Gasteiger partial charge in [0.05, 0.1) is 11.1 Å².